The molecule has 75 heavy (non-hydrogen) atoms. The minimum Gasteiger partial charge on any atom is -0.507 e. The second-order valence-electron chi connectivity index (χ2n) is 19.5. The molecule has 1 aromatic heterocycles. The van der Waals surface area contributed by atoms with Crippen LogP contribution >= 0.6 is 0 Å². The fourth-order valence-electron chi connectivity index (χ4n) is 9.43. The van der Waals surface area contributed by atoms with Crippen molar-refractivity contribution in [2.24, 2.45) is 0 Å². The van der Waals surface area contributed by atoms with Crippen molar-refractivity contribution >= 4 is 52.3 Å². The number of aromatic amines is 1. The number of hydrogen-bond donors (Lipinski definition) is 10. The van der Waals surface area contributed by atoms with Crippen LogP contribution in [0.5, 0.6) is 5.75 Å². The second kappa shape index (κ2) is 30.5. The molecule has 19 heteroatoms. The summed E-state index contributed by atoms with van der Waals surface area (Å²) in [5.74, 6) is -4.99. The standard InChI is InChI=1S/C56H78N8O11/c1-4-5-6-7-8-9-10-11-12-13-14-15-16-21-51(71)63(2)47(36-67)55(74)59-31-49(69)58-33-52(72)64(3)53-38-23-24-39(34-65)43(29-38)44-26-37(22-25-48(44)68)27-46(62-50(70)32-60-56(53)75)54(73)61-41(35-66)28-40-30-57-45-20-18-17-19-42(40)45/h17-20,22-26,29-30,41,46-47,53,57,65-68H,4-16,21,27-28,31-36H2,1-3H3,(H,58,69)(H,59,74)(H,60,75)(H,61,73)(H,62,70). The molecule has 19 nitrogen and oxygen atoms in total. The van der Waals surface area contributed by atoms with E-state index in [0.717, 1.165) is 40.6 Å². The minimum atomic E-state index is -1.44. The smallest absolute Gasteiger partial charge is 0.247 e. The molecular formula is C56H78N8O11. The van der Waals surface area contributed by atoms with Crippen molar-refractivity contribution in [3.8, 4) is 16.9 Å². The van der Waals surface area contributed by atoms with Gasteiger partial charge in [0.15, 0.2) is 0 Å². The number of phenolic OH excluding ortho intramolecular Hbond substituents is 1. The maximum Gasteiger partial charge on any atom is 0.247 e. The molecule has 0 saturated carbocycles. The number of amides is 7. The van der Waals surface area contributed by atoms with E-state index in [-0.39, 0.29) is 42.0 Å². The molecule has 4 bridgehead atoms. The number of fused-ring (bicyclic) bond motifs is 6. The lowest BCUT2D eigenvalue weighted by atomic mass is 9.91. The number of para-hydroxylation sites is 1. The van der Waals surface area contributed by atoms with Crippen molar-refractivity contribution in [2.45, 2.75) is 140 Å². The van der Waals surface area contributed by atoms with Gasteiger partial charge in [0.2, 0.25) is 41.4 Å². The Bertz CT molecular complexity index is 2550. The summed E-state index contributed by atoms with van der Waals surface area (Å²) in [6.45, 7) is -1.18. The van der Waals surface area contributed by atoms with Crippen molar-refractivity contribution in [1.29, 1.82) is 0 Å². The number of unbranched alkanes of at least 4 members (excludes halogenated alkanes) is 12. The Morgan fingerprint density at radius 2 is 1.43 bits per heavy atom. The monoisotopic (exact) mass is 1040 g/mol. The lowest BCUT2D eigenvalue weighted by Crippen LogP contribution is -2.54. The Labute approximate surface area is 439 Å². The Morgan fingerprint density at radius 3 is 2.09 bits per heavy atom. The zero-order valence-electron chi connectivity index (χ0n) is 43.8. The van der Waals surface area contributed by atoms with Crippen LogP contribution in [0.1, 0.15) is 125 Å². The molecule has 0 saturated heterocycles. The first-order valence-electron chi connectivity index (χ1n) is 26.4. The number of nitrogens with zero attached hydrogens (tertiary/aromatic N) is 2. The number of carbonyl (C=O) groups excluding carboxylic acids is 7. The van der Waals surface area contributed by atoms with Gasteiger partial charge < -0.3 is 61.8 Å². The number of aromatic hydroxyl groups is 1. The van der Waals surface area contributed by atoms with Crippen LogP contribution in [0, 0.1) is 0 Å². The van der Waals surface area contributed by atoms with E-state index in [1.165, 1.54) is 101 Å². The predicted molar refractivity (Wildman–Crippen MR) is 285 cm³/mol. The number of aliphatic hydroxyl groups is 3. The van der Waals surface area contributed by atoms with E-state index in [1.807, 2.05) is 24.3 Å². The van der Waals surface area contributed by atoms with Crippen molar-refractivity contribution in [2.75, 3.05) is 46.9 Å². The van der Waals surface area contributed by atoms with Gasteiger partial charge in [-0.1, -0.05) is 120 Å². The molecule has 4 unspecified atom stereocenters. The molecule has 4 atom stereocenters. The summed E-state index contributed by atoms with van der Waals surface area (Å²) in [6.07, 6.45) is 17.3. The molecular weight excluding hydrogens is 961 g/mol. The first-order valence-corrected chi connectivity index (χ1v) is 26.4. The summed E-state index contributed by atoms with van der Waals surface area (Å²) < 4.78 is 0. The third kappa shape index (κ3) is 17.6. The summed E-state index contributed by atoms with van der Waals surface area (Å²) >= 11 is 0. The zero-order valence-corrected chi connectivity index (χ0v) is 43.8. The van der Waals surface area contributed by atoms with Gasteiger partial charge in [0.05, 0.1) is 45.5 Å². The fraction of sp³-hybridized carbons (Fsp3) is 0.518. The fourth-order valence-corrected chi connectivity index (χ4v) is 9.43. The van der Waals surface area contributed by atoms with Crippen LogP contribution in [0.15, 0.2) is 66.9 Å². The lowest BCUT2D eigenvalue weighted by Gasteiger charge is -2.29. The first-order chi connectivity index (χ1) is 36.2. The number of benzene rings is 3. The number of phenols is 1. The molecule has 3 aromatic carbocycles. The number of likely N-dealkylation sites (N-methyl/N-ethyl adjacent to an activating group) is 2. The molecule has 4 aromatic rings. The normalized spacial score (nSPS) is 15.4. The van der Waals surface area contributed by atoms with Gasteiger partial charge in [-0.2, -0.15) is 0 Å². The number of hydrogen-bond acceptors (Lipinski definition) is 11. The molecule has 5 rings (SSSR count). The van der Waals surface area contributed by atoms with Crippen LogP contribution < -0.4 is 26.6 Å². The van der Waals surface area contributed by atoms with E-state index in [4.69, 9.17) is 0 Å². The molecule has 1 aliphatic rings. The van der Waals surface area contributed by atoms with E-state index in [0.29, 0.717) is 23.1 Å². The van der Waals surface area contributed by atoms with Crippen LogP contribution in [0.4, 0.5) is 0 Å². The molecule has 7 amide bonds. The minimum absolute atomic E-state index is 0.0637. The lowest BCUT2D eigenvalue weighted by molar-refractivity contribution is -0.141. The Balaban J connectivity index is 1.18. The average Bonchev–Trinajstić information content (AvgIpc) is 3.82. The van der Waals surface area contributed by atoms with Crippen LogP contribution in [0.2, 0.25) is 0 Å². The van der Waals surface area contributed by atoms with Crippen molar-refractivity contribution in [3.05, 3.63) is 89.1 Å². The second-order valence-corrected chi connectivity index (χ2v) is 19.5. The van der Waals surface area contributed by atoms with Crippen LogP contribution in [0.25, 0.3) is 22.0 Å². The molecule has 0 fully saturated rings. The summed E-state index contributed by atoms with van der Waals surface area (Å²) in [6, 6.07) is 12.1. The van der Waals surface area contributed by atoms with Gasteiger partial charge in [0.1, 0.15) is 23.9 Å². The maximum atomic E-state index is 14.1. The van der Waals surface area contributed by atoms with Gasteiger partial charge in [0.25, 0.3) is 0 Å². The average molecular weight is 1040 g/mol. The molecule has 10 N–H and O–H groups in total. The number of carbonyl (C=O) groups is 7. The number of aliphatic hydroxyl groups excluding tert-OH is 3. The van der Waals surface area contributed by atoms with Gasteiger partial charge >= 0.3 is 0 Å². The quantitative estimate of drug-likeness (QED) is 0.0364. The molecule has 0 aliphatic carbocycles. The molecule has 2 heterocycles. The largest absolute Gasteiger partial charge is 0.507 e. The topological polar surface area (TPSA) is 283 Å². The summed E-state index contributed by atoms with van der Waals surface area (Å²) in [4.78, 5) is 99.8. The predicted octanol–water partition coefficient (Wildman–Crippen LogP) is 3.94. The summed E-state index contributed by atoms with van der Waals surface area (Å²) in [5.41, 5.74) is 3.38. The SMILES string of the molecule is CCCCCCCCCCCCCCCC(=O)N(C)C(CO)C(=O)NCC(=O)NCC(=O)N(C)C1C(=O)NCC(=O)NC(C(=O)NC(CO)Cc2c[nH]c3ccccc23)Cc2ccc(O)c(c2)-c2cc1ccc2CO. The van der Waals surface area contributed by atoms with E-state index < -0.39 is 99.1 Å². The van der Waals surface area contributed by atoms with Gasteiger partial charge in [-0.15, -0.1) is 0 Å². The third-order valence-electron chi connectivity index (χ3n) is 13.9. The van der Waals surface area contributed by atoms with E-state index in [1.54, 1.807) is 18.3 Å². The van der Waals surface area contributed by atoms with Gasteiger partial charge in [-0.3, -0.25) is 33.6 Å². The number of nitrogens with one attached hydrogen (secondary N) is 6. The van der Waals surface area contributed by atoms with Gasteiger partial charge in [0, 0.05) is 49.6 Å². The molecule has 0 spiro atoms. The van der Waals surface area contributed by atoms with Crippen LogP contribution in [-0.2, 0) is 53.0 Å². The van der Waals surface area contributed by atoms with Crippen LogP contribution in [0.3, 0.4) is 0 Å². The molecule has 0 radical (unpaired) electrons. The Kier molecular flexibility index (Phi) is 24.0. The highest BCUT2D eigenvalue weighted by Gasteiger charge is 2.32. The highest BCUT2D eigenvalue weighted by molar-refractivity contribution is 5.95. The summed E-state index contributed by atoms with van der Waals surface area (Å²) in [5, 5.41) is 55.8. The molecule has 1 aliphatic heterocycles. The van der Waals surface area contributed by atoms with Gasteiger partial charge in [-0.05, 0) is 64.9 Å². The zero-order chi connectivity index (χ0) is 54.3. The Morgan fingerprint density at radius 1 is 0.747 bits per heavy atom. The molecule has 408 valence electrons. The van der Waals surface area contributed by atoms with Crippen molar-refractivity contribution < 1.29 is 54.0 Å². The number of rotatable bonds is 28. The highest BCUT2D eigenvalue weighted by atomic mass is 16.3. The Hall–Kier alpha value is -6.83. The first kappa shape index (κ1) is 59.1. The van der Waals surface area contributed by atoms with Crippen molar-refractivity contribution in [1.82, 2.24) is 41.4 Å². The van der Waals surface area contributed by atoms with Crippen LogP contribution in [-0.4, -0.2) is 142 Å². The maximum absolute atomic E-state index is 14.1. The van der Waals surface area contributed by atoms with Gasteiger partial charge in [-0.25, -0.2) is 0 Å². The van der Waals surface area contributed by atoms with Crippen molar-refractivity contribution in [3.63, 3.8) is 0 Å². The third-order valence-corrected chi connectivity index (χ3v) is 13.9. The number of H-pyrrole nitrogens is 1. The summed E-state index contributed by atoms with van der Waals surface area (Å²) in [7, 11) is 2.73. The van der Waals surface area contributed by atoms with E-state index in [9.17, 15) is 54.0 Å². The highest BCUT2D eigenvalue weighted by Crippen LogP contribution is 2.36. The van der Waals surface area contributed by atoms with E-state index >= 15 is 0 Å². The number of aromatic nitrogens is 1. The van der Waals surface area contributed by atoms with E-state index in [2.05, 4.69) is 38.5 Å².